The SMILES string of the molecule is CC(O)(CNC(=O)CCc1ccc(Cl)s1)CN1CCOCC1. The average Bonchev–Trinajstić information content (AvgIpc) is 2.89. The Hall–Kier alpha value is -0.660. The quantitative estimate of drug-likeness (QED) is 0.786. The number of β-amino-alcohol motifs (C(OH)–C–C–N with tert-alkyl or cyclic N) is 1. The fourth-order valence-electron chi connectivity index (χ4n) is 2.40. The van der Waals surface area contributed by atoms with Gasteiger partial charge in [-0.25, -0.2) is 0 Å². The molecular weight excluding hydrogens is 324 g/mol. The molecule has 0 aromatic carbocycles. The van der Waals surface area contributed by atoms with Crippen molar-refractivity contribution in [3.05, 3.63) is 21.3 Å². The molecule has 0 saturated carbocycles. The first-order valence-electron chi connectivity index (χ1n) is 7.48. The summed E-state index contributed by atoms with van der Waals surface area (Å²) < 4.78 is 6.03. The lowest BCUT2D eigenvalue weighted by Gasteiger charge is -2.33. The van der Waals surface area contributed by atoms with Crippen LogP contribution in [0.1, 0.15) is 18.2 Å². The molecule has 0 aliphatic carbocycles. The monoisotopic (exact) mass is 346 g/mol. The minimum absolute atomic E-state index is 0.0493. The predicted molar refractivity (Wildman–Crippen MR) is 88.5 cm³/mol. The third-order valence-electron chi connectivity index (χ3n) is 3.56. The van der Waals surface area contributed by atoms with Crippen molar-refractivity contribution in [2.24, 2.45) is 0 Å². The molecule has 1 aromatic heterocycles. The minimum atomic E-state index is -0.931. The van der Waals surface area contributed by atoms with Crippen molar-refractivity contribution in [1.82, 2.24) is 10.2 Å². The largest absolute Gasteiger partial charge is 0.387 e. The fraction of sp³-hybridized carbons (Fsp3) is 0.667. The number of hydrogen-bond acceptors (Lipinski definition) is 5. The molecule has 1 aromatic rings. The second kappa shape index (κ2) is 8.26. The Balaban J connectivity index is 1.67. The zero-order chi connectivity index (χ0) is 16.0. The van der Waals surface area contributed by atoms with Crippen LogP contribution in [0.25, 0.3) is 0 Å². The summed E-state index contributed by atoms with van der Waals surface area (Å²) in [5.74, 6) is -0.0493. The maximum atomic E-state index is 11.9. The highest BCUT2D eigenvalue weighted by molar-refractivity contribution is 7.16. The maximum Gasteiger partial charge on any atom is 0.220 e. The van der Waals surface area contributed by atoms with E-state index in [9.17, 15) is 9.90 Å². The molecule has 1 fully saturated rings. The van der Waals surface area contributed by atoms with Crippen LogP contribution in [-0.4, -0.2) is 60.9 Å². The van der Waals surface area contributed by atoms with E-state index >= 15 is 0 Å². The van der Waals surface area contributed by atoms with Gasteiger partial charge in [0.2, 0.25) is 5.91 Å². The van der Waals surface area contributed by atoms with Gasteiger partial charge in [-0.3, -0.25) is 9.69 Å². The van der Waals surface area contributed by atoms with E-state index < -0.39 is 5.60 Å². The minimum Gasteiger partial charge on any atom is -0.387 e. The highest BCUT2D eigenvalue weighted by atomic mass is 35.5. The number of nitrogens with one attached hydrogen (secondary N) is 1. The number of ether oxygens (including phenoxy) is 1. The van der Waals surface area contributed by atoms with Gasteiger partial charge in [0, 0.05) is 37.5 Å². The molecule has 2 heterocycles. The van der Waals surface area contributed by atoms with Crippen LogP contribution < -0.4 is 5.32 Å². The summed E-state index contributed by atoms with van der Waals surface area (Å²) in [6.45, 7) is 5.59. The molecular formula is C15H23ClN2O3S. The maximum absolute atomic E-state index is 11.9. The van der Waals surface area contributed by atoms with Gasteiger partial charge >= 0.3 is 0 Å². The summed E-state index contributed by atoms with van der Waals surface area (Å²) in [6.07, 6.45) is 1.08. The van der Waals surface area contributed by atoms with Crippen molar-refractivity contribution >= 4 is 28.8 Å². The molecule has 1 aliphatic rings. The molecule has 1 unspecified atom stereocenters. The Morgan fingerprint density at radius 2 is 2.23 bits per heavy atom. The van der Waals surface area contributed by atoms with Crippen LogP contribution in [0.2, 0.25) is 4.34 Å². The number of thiophene rings is 1. The lowest BCUT2D eigenvalue weighted by molar-refractivity contribution is -0.122. The number of morpholine rings is 1. The van der Waals surface area contributed by atoms with Crippen molar-refractivity contribution in [3.8, 4) is 0 Å². The van der Waals surface area contributed by atoms with Gasteiger partial charge in [0.15, 0.2) is 0 Å². The molecule has 0 bridgehead atoms. The molecule has 1 saturated heterocycles. The van der Waals surface area contributed by atoms with E-state index in [4.69, 9.17) is 16.3 Å². The van der Waals surface area contributed by atoms with Crippen LogP contribution in [-0.2, 0) is 16.0 Å². The summed E-state index contributed by atoms with van der Waals surface area (Å²) in [4.78, 5) is 15.1. The molecule has 0 spiro atoms. The average molecular weight is 347 g/mol. The second-order valence-corrected chi connectivity index (χ2v) is 7.67. The van der Waals surface area contributed by atoms with Crippen LogP contribution in [0.15, 0.2) is 12.1 Å². The van der Waals surface area contributed by atoms with E-state index in [2.05, 4.69) is 10.2 Å². The Labute approximate surface area is 140 Å². The zero-order valence-electron chi connectivity index (χ0n) is 12.8. The first-order valence-corrected chi connectivity index (χ1v) is 8.67. The fourth-order valence-corrected chi connectivity index (χ4v) is 3.48. The van der Waals surface area contributed by atoms with E-state index in [0.29, 0.717) is 32.6 Å². The molecule has 1 amide bonds. The van der Waals surface area contributed by atoms with Gasteiger partial charge in [-0.1, -0.05) is 11.6 Å². The summed E-state index contributed by atoms with van der Waals surface area (Å²) in [6, 6.07) is 3.78. The first-order chi connectivity index (χ1) is 10.4. The second-order valence-electron chi connectivity index (χ2n) is 5.87. The smallest absolute Gasteiger partial charge is 0.220 e. The third-order valence-corrected chi connectivity index (χ3v) is 4.85. The lowest BCUT2D eigenvalue weighted by atomic mass is 10.1. The summed E-state index contributed by atoms with van der Waals surface area (Å²) >= 11 is 7.35. The number of halogens is 1. The topological polar surface area (TPSA) is 61.8 Å². The number of amides is 1. The van der Waals surface area contributed by atoms with E-state index in [1.54, 1.807) is 6.92 Å². The van der Waals surface area contributed by atoms with Gasteiger partial charge in [-0.15, -0.1) is 11.3 Å². The van der Waals surface area contributed by atoms with Crippen LogP contribution >= 0.6 is 22.9 Å². The number of hydrogen-bond donors (Lipinski definition) is 2. The summed E-state index contributed by atoms with van der Waals surface area (Å²) in [7, 11) is 0. The molecule has 5 nitrogen and oxygen atoms in total. The number of carbonyl (C=O) groups excluding carboxylic acids is 1. The Bertz CT molecular complexity index is 487. The van der Waals surface area contributed by atoms with E-state index in [0.717, 1.165) is 22.3 Å². The highest BCUT2D eigenvalue weighted by Crippen LogP contribution is 2.22. The van der Waals surface area contributed by atoms with Crippen molar-refractivity contribution in [1.29, 1.82) is 0 Å². The third kappa shape index (κ3) is 6.22. The van der Waals surface area contributed by atoms with E-state index in [-0.39, 0.29) is 12.5 Å². The zero-order valence-corrected chi connectivity index (χ0v) is 14.4. The first kappa shape index (κ1) is 17.7. The number of rotatable bonds is 7. The van der Waals surface area contributed by atoms with Gasteiger partial charge in [-0.2, -0.15) is 0 Å². The van der Waals surface area contributed by atoms with Crippen LogP contribution in [0.3, 0.4) is 0 Å². The number of nitrogens with zero attached hydrogens (tertiary/aromatic N) is 1. The van der Waals surface area contributed by atoms with Gasteiger partial charge < -0.3 is 15.2 Å². The van der Waals surface area contributed by atoms with Gasteiger partial charge in [0.05, 0.1) is 23.2 Å². The van der Waals surface area contributed by atoms with E-state index in [1.165, 1.54) is 11.3 Å². The van der Waals surface area contributed by atoms with Crippen molar-refractivity contribution in [2.45, 2.75) is 25.4 Å². The van der Waals surface area contributed by atoms with Gasteiger partial charge in [0.25, 0.3) is 0 Å². The van der Waals surface area contributed by atoms with E-state index in [1.807, 2.05) is 12.1 Å². The Kier molecular flexibility index (Phi) is 6.65. The molecule has 22 heavy (non-hydrogen) atoms. The van der Waals surface area contributed by atoms with Crippen LogP contribution in [0.4, 0.5) is 0 Å². The van der Waals surface area contributed by atoms with Gasteiger partial charge in [-0.05, 0) is 25.5 Å². The standard InChI is InChI=1S/C15H23ClN2O3S/c1-15(20,11-18-6-8-21-9-7-18)10-17-14(19)5-3-12-2-4-13(16)22-12/h2,4,20H,3,5-11H2,1H3,(H,17,19). The molecule has 2 rings (SSSR count). The van der Waals surface area contributed by atoms with Crippen molar-refractivity contribution in [2.75, 3.05) is 39.4 Å². The molecule has 7 heteroatoms. The molecule has 0 radical (unpaired) electrons. The van der Waals surface area contributed by atoms with Gasteiger partial charge in [0.1, 0.15) is 0 Å². The molecule has 2 N–H and O–H groups in total. The number of aryl methyl sites for hydroxylation is 1. The molecule has 1 aliphatic heterocycles. The number of aliphatic hydroxyl groups is 1. The van der Waals surface area contributed by atoms with Crippen LogP contribution in [0, 0.1) is 0 Å². The molecule has 124 valence electrons. The Morgan fingerprint density at radius 3 is 2.86 bits per heavy atom. The Morgan fingerprint density at radius 1 is 1.50 bits per heavy atom. The normalized spacial score (nSPS) is 18.9. The van der Waals surface area contributed by atoms with Crippen LogP contribution in [0.5, 0.6) is 0 Å². The summed E-state index contributed by atoms with van der Waals surface area (Å²) in [5.41, 5.74) is -0.931. The highest BCUT2D eigenvalue weighted by Gasteiger charge is 2.25. The summed E-state index contributed by atoms with van der Waals surface area (Å²) in [5, 5.41) is 13.2. The molecule has 1 atom stereocenters. The number of carbonyl (C=O) groups is 1. The van der Waals surface area contributed by atoms with Crippen molar-refractivity contribution in [3.63, 3.8) is 0 Å². The van der Waals surface area contributed by atoms with Crippen molar-refractivity contribution < 1.29 is 14.6 Å². The predicted octanol–water partition coefficient (Wildman–Crippen LogP) is 1.53. The lowest BCUT2D eigenvalue weighted by Crippen LogP contribution is -2.51.